The van der Waals surface area contributed by atoms with Crippen molar-refractivity contribution in [2.24, 2.45) is 5.73 Å². The second-order valence-corrected chi connectivity index (χ2v) is 7.09. The molecule has 3 N–H and O–H groups in total. The number of amides is 1. The van der Waals surface area contributed by atoms with Crippen molar-refractivity contribution in [3.63, 3.8) is 0 Å². The monoisotopic (exact) mass is 315 g/mol. The summed E-state index contributed by atoms with van der Waals surface area (Å²) in [6, 6.07) is 9.87. The molecule has 0 radical (unpaired) electrons. The average Bonchev–Trinajstić information content (AvgIpc) is 2.56. The molecule has 2 atom stereocenters. The van der Waals surface area contributed by atoms with Crippen molar-refractivity contribution < 1.29 is 4.79 Å². The van der Waals surface area contributed by atoms with Gasteiger partial charge >= 0.3 is 0 Å². The van der Waals surface area contributed by atoms with E-state index in [9.17, 15) is 4.79 Å². The molecule has 0 spiro atoms. The molecule has 1 aliphatic carbocycles. The fraction of sp³-hybridized carbons (Fsp3) is 0.632. The number of anilines is 1. The highest BCUT2D eigenvalue weighted by atomic mass is 16.2. The SMILES string of the molecule is CCC(=O)N1c2ccccc2C(NC2CCC(N)CC2)CC1C. The molecule has 2 unspecified atom stereocenters. The first-order valence-electron chi connectivity index (χ1n) is 9.02. The van der Waals surface area contributed by atoms with Crippen molar-refractivity contribution in [1.29, 1.82) is 0 Å². The van der Waals surface area contributed by atoms with Gasteiger partial charge in [0.05, 0.1) is 0 Å². The highest BCUT2D eigenvalue weighted by Crippen LogP contribution is 2.38. The van der Waals surface area contributed by atoms with Crippen LogP contribution in [0.4, 0.5) is 5.69 Å². The Morgan fingerprint density at radius 3 is 2.65 bits per heavy atom. The summed E-state index contributed by atoms with van der Waals surface area (Å²) in [6.45, 7) is 4.10. The quantitative estimate of drug-likeness (QED) is 0.901. The normalized spacial score (nSPS) is 30.8. The van der Waals surface area contributed by atoms with Crippen LogP contribution in [0.1, 0.15) is 64.0 Å². The Bertz CT molecular complexity index is 551. The number of nitrogens with two attached hydrogens (primary N) is 1. The Balaban J connectivity index is 1.81. The Kier molecular flexibility index (Phi) is 5.02. The smallest absolute Gasteiger partial charge is 0.226 e. The fourth-order valence-electron chi connectivity index (χ4n) is 4.09. The van der Waals surface area contributed by atoms with E-state index in [2.05, 4.69) is 30.4 Å². The standard InChI is InChI=1S/C19H29N3O/c1-3-19(23)22-13(2)12-17(16-6-4-5-7-18(16)22)21-15-10-8-14(20)9-11-15/h4-7,13-15,17,21H,3,8-12,20H2,1-2H3. The lowest BCUT2D eigenvalue weighted by Crippen LogP contribution is -2.47. The van der Waals surface area contributed by atoms with E-state index >= 15 is 0 Å². The van der Waals surface area contributed by atoms with Crippen LogP contribution >= 0.6 is 0 Å². The summed E-state index contributed by atoms with van der Waals surface area (Å²) in [7, 11) is 0. The molecule has 1 saturated carbocycles. The van der Waals surface area contributed by atoms with E-state index in [4.69, 9.17) is 5.73 Å². The fourth-order valence-corrected chi connectivity index (χ4v) is 4.09. The topological polar surface area (TPSA) is 58.4 Å². The largest absolute Gasteiger partial charge is 0.328 e. The average molecular weight is 315 g/mol. The summed E-state index contributed by atoms with van der Waals surface area (Å²) in [5, 5.41) is 3.85. The lowest BCUT2D eigenvalue weighted by Gasteiger charge is -2.41. The maximum absolute atomic E-state index is 12.4. The highest BCUT2D eigenvalue weighted by Gasteiger charge is 2.34. The van der Waals surface area contributed by atoms with Gasteiger partial charge in [-0.3, -0.25) is 4.79 Å². The van der Waals surface area contributed by atoms with Crippen LogP contribution < -0.4 is 16.0 Å². The van der Waals surface area contributed by atoms with Crippen molar-refractivity contribution >= 4 is 11.6 Å². The third-order valence-electron chi connectivity index (χ3n) is 5.37. The van der Waals surface area contributed by atoms with Gasteiger partial charge in [-0.15, -0.1) is 0 Å². The second kappa shape index (κ2) is 7.02. The first-order valence-corrected chi connectivity index (χ1v) is 9.02. The molecule has 1 fully saturated rings. The van der Waals surface area contributed by atoms with Gasteiger partial charge in [-0.1, -0.05) is 25.1 Å². The molecule has 3 rings (SSSR count). The predicted molar refractivity (Wildman–Crippen MR) is 94.4 cm³/mol. The summed E-state index contributed by atoms with van der Waals surface area (Å²) in [6.07, 6.45) is 6.07. The lowest BCUT2D eigenvalue weighted by molar-refractivity contribution is -0.118. The van der Waals surface area contributed by atoms with Crippen LogP contribution in [0.25, 0.3) is 0 Å². The Morgan fingerprint density at radius 1 is 1.26 bits per heavy atom. The van der Waals surface area contributed by atoms with Crippen molar-refractivity contribution in [2.75, 3.05) is 4.90 Å². The van der Waals surface area contributed by atoms with Crippen LogP contribution in [0.3, 0.4) is 0 Å². The van der Waals surface area contributed by atoms with Crippen LogP contribution in [0.15, 0.2) is 24.3 Å². The van der Waals surface area contributed by atoms with Gasteiger partial charge in [0, 0.05) is 36.3 Å². The molecule has 4 heteroatoms. The molecule has 2 aliphatic rings. The molecule has 0 bridgehead atoms. The molecule has 1 amide bonds. The summed E-state index contributed by atoms with van der Waals surface area (Å²) in [5.41, 5.74) is 8.38. The maximum Gasteiger partial charge on any atom is 0.226 e. The summed E-state index contributed by atoms with van der Waals surface area (Å²) in [4.78, 5) is 14.4. The number of rotatable bonds is 3. The van der Waals surface area contributed by atoms with Crippen molar-refractivity contribution in [1.82, 2.24) is 5.32 Å². The number of nitrogens with zero attached hydrogens (tertiary/aromatic N) is 1. The molecule has 4 nitrogen and oxygen atoms in total. The summed E-state index contributed by atoms with van der Waals surface area (Å²) < 4.78 is 0. The first-order chi connectivity index (χ1) is 11.1. The molecule has 126 valence electrons. The predicted octanol–water partition coefficient (Wildman–Crippen LogP) is 3.12. The number of hydrogen-bond donors (Lipinski definition) is 2. The summed E-state index contributed by atoms with van der Waals surface area (Å²) >= 11 is 0. The van der Waals surface area contributed by atoms with E-state index in [1.165, 1.54) is 5.56 Å². The van der Waals surface area contributed by atoms with Gasteiger partial charge in [0.25, 0.3) is 0 Å². The zero-order valence-corrected chi connectivity index (χ0v) is 14.3. The minimum atomic E-state index is 0.215. The van der Waals surface area contributed by atoms with E-state index < -0.39 is 0 Å². The van der Waals surface area contributed by atoms with E-state index in [1.54, 1.807) is 0 Å². The lowest BCUT2D eigenvalue weighted by atomic mass is 9.87. The maximum atomic E-state index is 12.4. The van der Waals surface area contributed by atoms with E-state index in [-0.39, 0.29) is 11.9 Å². The van der Waals surface area contributed by atoms with E-state index in [1.807, 2.05) is 17.9 Å². The van der Waals surface area contributed by atoms with E-state index in [0.717, 1.165) is 37.8 Å². The zero-order chi connectivity index (χ0) is 16.4. The van der Waals surface area contributed by atoms with Gasteiger partial charge in [0.1, 0.15) is 0 Å². The second-order valence-electron chi connectivity index (χ2n) is 7.09. The van der Waals surface area contributed by atoms with Crippen LogP contribution in [0, 0.1) is 0 Å². The van der Waals surface area contributed by atoms with Gasteiger partial charge in [-0.05, 0) is 50.7 Å². The minimum absolute atomic E-state index is 0.215. The van der Waals surface area contributed by atoms with Crippen molar-refractivity contribution in [3.8, 4) is 0 Å². The first kappa shape index (κ1) is 16.5. The molecule has 23 heavy (non-hydrogen) atoms. The third-order valence-corrected chi connectivity index (χ3v) is 5.37. The number of carbonyl (C=O) groups excluding carboxylic acids is 1. The molecular weight excluding hydrogens is 286 g/mol. The number of carbonyl (C=O) groups is 1. The number of benzene rings is 1. The zero-order valence-electron chi connectivity index (χ0n) is 14.3. The Hall–Kier alpha value is -1.39. The van der Waals surface area contributed by atoms with Crippen LogP contribution in [0.2, 0.25) is 0 Å². The Labute approximate surface area is 139 Å². The van der Waals surface area contributed by atoms with Gasteiger partial charge in [0.15, 0.2) is 0 Å². The molecule has 0 saturated heterocycles. The van der Waals surface area contributed by atoms with Gasteiger partial charge < -0.3 is 16.0 Å². The molecule has 1 aromatic rings. The molecular formula is C19H29N3O. The van der Waals surface area contributed by atoms with E-state index in [0.29, 0.717) is 24.5 Å². The highest BCUT2D eigenvalue weighted by molar-refractivity contribution is 5.95. The molecule has 1 heterocycles. The van der Waals surface area contributed by atoms with Gasteiger partial charge in [-0.2, -0.15) is 0 Å². The molecule has 1 aromatic carbocycles. The molecule has 1 aliphatic heterocycles. The van der Waals surface area contributed by atoms with Gasteiger partial charge in [-0.25, -0.2) is 0 Å². The number of hydrogen-bond acceptors (Lipinski definition) is 3. The minimum Gasteiger partial charge on any atom is -0.328 e. The Morgan fingerprint density at radius 2 is 1.96 bits per heavy atom. The van der Waals surface area contributed by atoms with Crippen LogP contribution in [0.5, 0.6) is 0 Å². The van der Waals surface area contributed by atoms with Crippen molar-refractivity contribution in [2.45, 2.75) is 76.5 Å². The summed E-state index contributed by atoms with van der Waals surface area (Å²) in [5.74, 6) is 0.215. The van der Waals surface area contributed by atoms with Crippen LogP contribution in [-0.4, -0.2) is 24.0 Å². The third kappa shape index (κ3) is 3.43. The molecule has 0 aromatic heterocycles. The number of para-hydroxylation sites is 1. The number of fused-ring (bicyclic) bond motifs is 1. The van der Waals surface area contributed by atoms with Crippen LogP contribution in [-0.2, 0) is 4.79 Å². The van der Waals surface area contributed by atoms with Gasteiger partial charge in [0.2, 0.25) is 5.91 Å². The number of nitrogens with one attached hydrogen (secondary N) is 1. The van der Waals surface area contributed by atoms with Crippen molar-refractivity contribution in [3.05, 3.63) is 29.8 Å².